The molecule has 0 heterocycles. The first-order valence-electron chi connectivity index (χ1n) is 7.08. The molecule has 3 rings (SSSR count). The number of fused-ring (bicyclic) bond motifs is 5. The van der Waals surface area contributed by atoms with Gasteiger partial charge in [0.05, 0.1) is 0 Å². The van der Waals surface area contributed by atoms with Crippen LogP contribution in [0.1, 0.15) is 51.9 Å². The van der Waals surface area contributed by atoms with E-state index in [4.69, 9.17) is 0 Å². The number of allylic oxidation sites excluding steroid dienone is 2. The van der Waals surface area contributed by atoms with Crippen molar-refractivity contribution in [2.24, 2.45) is 29.6 Å². The molecule has 4 unspecified atom stereocenters. The van der Waals surface area contributed by atoms with Crippen molar-refractivity contribution >= 4 is 0 Å². The lowest BCUT2D eigenvalue weighted by atomic mass is 10.0. The zero-order valence-corrected chi connectivity index (χ0v) is 9.99. The van der Waals surface area contributed by atoms with E-state index in [2.05, 4.69) is 19.1 Å². The molecule has 3 saturated carbocycles. The maximum atomic E-state index is 2.58. The largest absolute Gasteiger partial charge is 0.0882 e. The van der Waals surface area contributed by atoms with Crippen LogP contribution in [-0.2, 0) is 0 Å². The van der Waals surface area contributed by atoms with Gasteiger partial charge in [0.1, 0.15) is 0 Å². The van der Waals surface area contributed by atoms with E-state index in [0.29, 0.717) is 0 Å². The Morgan fingerprint density at radius 2 is 1.80 bits per heavy atom. The first-order chi connectivity index (χ1) is 7.42. The van der Waals surface area contributed by atoms with Gasteiger partial charge in [-0.2, -0.15) is 0 Å². The van der Waals surface area contributed by atoms with Gasteiger partial charge in [-0.05, 0) is 61.7 Å². The van der Waals surface area contributed by atoms with Gasteiger partial charge in [0.25, 0.3) is 0 Å². The van der Waals surface area contributed by atoms with Gasteiger partial charge in [-0.25, -0.2) is 0 Å². The van der Waals surface area contributed by atoms with Gasteiger partial charge in [-0.3, -0.25) is 0 Å². The Kier molecular flexibility index (Phi) is 2.62. The highest BCUT2D eigenvalue weighted by Crippen LogP contribution is 2.69. The highest BCUT2D eigenvalue weighted by Gasteiger charge is 2.63. The molecule has 0 aliphatic heterocycles. The summed E-state index contributed by atoms with van der Waals surface area (Å²) in [5.74, 6) is 5.60. The van der Waals surface area contributed by atoms with E-state index < -0.39 is 0 Å². The lowest BCUT2D eigenvalue weighted by Crippen LogP contribution is -1.95. The van der Waals surface area contributed by atoms with Crippen molar-refractivity contribution in [3.8, 4) is 0 Å². The summed E-state index contributed by atoms with van der Waals surface area (Å²) in [6.45, 7) is 2.28. The smallest absolute Gasteiger partial charge is 0.0166 e. The summed E-state index contributed by atoms with van der Waals surface area (Å²) >= 11 is 0. The molecule has 4 atom stereocenters. The molecule has 0 heteroatoms. The van der Waals surface area contributed by atoms with E-state index in [-0.39, 0.29) is 0 Å². The van der Waals surface area contributed by atoms with E-state index >= 15 is 0 Å². The SMILES string of the molecule is CCCCC/C=C/C1C2C3CCC(C3)C12. The molecule has 84 valence electrons. The van der Waals surface area contributed by atoms with Crippen LogP contribution in [0.5, 0.6) is 0 Å². The molecule has 3 aliphatic rings. The molecule has 0 aromatic rings. The normalized spacial score (nSPS) is 46.3. The molecule has 2 bridgehead atoms. The monoisotopic (exact) mass is 204 g/mol. The molecule has 0 saturated heterocycles. The Morgan fingerprint density at radius 1 is 1.07 bits per heavy atom. The summed E-state index contributed by atoms with van der Waals surface area (Å²) in [5, 5.41) is 0. The van der Waals surface area contributed by atoms with E-state index in [1.54, 1.807) is 19.3 Å². The molecule has 15 heavy (non-hydrogen) atoms. The molecular weight excluding hydrogens is 180 g/mol. The summed E-state index contributed by atoms with van der Waals surface area (Å²) < 4.78 is 0. The van der Waals surface area contributed by atoms with E-state index in [9.17, 15) is 0 Å². The standard InChI is InChI=1S/C15H24/c1-2-3-4-5-6-7-13-14-11-8-9-12(10-11)15(13)14/h6-7,11-15H,2-5,8-10H2,1H3/b7-6+. The minimum Gasteiger partial charge on any atom is -0.0882 e. The highest BCUT2D eigenvalue weighted by atomic mass is 14.7. The lowest BCUT2D eigenvalue weighted by molar-refractivity contribution is 0.456. The molecule has 0 nitrogen and oxygen atoms in total. The minimum atomic E-state index is 1.03. The van der Waals surface area contributed by atoms with Crippen LogP contribution in [0.2, 0.25) is 0 Å². The summed E-state index contributed by atoms with van der Waals surface area (Å²) in [7, 11) is 0. The van der Waals surface area contributed by atoms with Crippen LogP contribution >= 0.6 is 0 Å². The molecule has 0 aromatic heterocycles. The predicted octanol–water partition coefficient (Wildman–Crippen LogP) is 4.42. The summed E-state index contributed by atoms with van der Waals surface area (Å²) in [6.07, 6.45) is 15.3. The third kappa shape index (κ3) is 1.66. The van der Waals surface area contributed by atoms with Crippen molar-refractivity contribution in [1.82, 2.24) is 0 Å². The van der Waals surface area contributed by atoms with Gasteiger partial charge < -0.3 is 0 Å². The number of hydrogen-bond acceptors (Lipinski definition) is 0. The van der Waals surface area contributed by atoms with Gasteiger partial charge in [-0.15, -0.1) is 0 Å². The van der Waals surface area contributed by atoms with Crippen molar-refractivity contribution in [2.45, 2.75) is 51.9 Å². The highest BCUT2D eigenvalue weighted by molar-refractivity contribution is 5.18. The van der Waals surface area contributed by atoms with E-state index in [1.807, 2.05) is 0 Å². The lowest BCUT2D eigenvalue weighted by Gasteiger charge is -2.04. The average molecular weight is 204 g/mol. The number of rotatable bonds is 5. The quantitative estimate of drug-likeness (QED) is 0.459. The number of unbranched alkanes of at least 4 members (excludes halogenated alkanes) is 3. The molecule has 0 spiro atoms. The summed E-state index contributed by atoms with van der Waals surface area (Å²) in [4.78, 5) is 0. The third-order valence-corrected chi connectivity index (χ3v) is 5.13. The predicted molar refractivity (Wildman–Crippen MR) is 64.6 cm³/mol. The van der Waals surface area contributed by atoms with Crippen molar-refractivity contribution in [1.29, 1.82) is 0 Å². The van der Waals surface area contributed by atoms with Crippen LogP contribution in [0.3, 0.4) is 0 Å². The van der Waals surface area contributed by atoms with Crippen molar-refractivity contribution in [3.05, 3.63) is 12.2 Å². The molecular formula is C15H24. The Labute approximate surface area is 94.1 Å². The zero-order chi connectivity index (χ0) is 10.3. The molecule has 3 aliphatic carbocycles. The molecule has 0 amide bonds. The Hall–Kier alpha value is -0.260. The van der Waals surface area contributed by atoms with Gasteiger partial charge in [0.2, 0.25) is 0 Å². The third-order valence-electron chi connectivity index (χ3n) is 5.13. The fourth-order valence-corrected chi connectivity index (χ4v) is 4.42. The van der Waals surface area contributed by atoms with Crippen LogP contribution < -0.4 is 0 Å². The maximum absolute atomic E-state index is 2.58. The minimum absolute atomic E-state index is 1.03. The topological polar surface area (TPSA) is 0 Å². The van der Waals surface area contributed by atoms with Crippen LogP contribution in [0.25, 0.3) is 0 Å². The fraction of sp³-hybridized carbons (Fsp3) is 0.867. The van der Waals surface area contributed by atoms with Gasteiger partial charge in [-0.1, -0.05) is 31.9 Å². The summed E-state index contributed by atoms with van der Waals surface area (Å²) in [5.41, 5.74) is 0. The fourth-order valence-electron chi connectivity index (χ4n) is 4.42. The summed E-state index contributed by atoms with van der Waals surface area (Å²) in [6, 6.07) is 0. The maximum Gasteiger partial charge on any atom is -0.0166 e. The second-order valence-corrected chi connectivity index (χ2v) is 5.99. The molecule has 0 N–H and O–H groups in total. The van der Waals surface area contributed by atoms with Crippen LogP contribution in [0.4, 0.5) is 0 Å². The van der Waals surface area contributed by atoms with Crippen molar-refractivity contribution < 1.29 is 0 Å². The van der Waals surface area contributed by atoms with Crippen molar-refractivity contribution in [3.63, 3.8) is 0 Å². The Morgan fingerprint density at radius 3 is 2.47 bits per heavy atom. The first-order valence-corrected chi connectivity index (χ1v) is 7.08. The molecule has 0 aromatic carbocycles. The van der Waals surface area contributed by atoms with E-state index in [1.165, 1.54) is 25.7 Å². The van der Waals surface area contributed by atoms with Crippen molar-refractivity contribution in [2.75, 3.05) is 0 Å². The molecule has 0 radical (unpaired) electrons. The van der Waals surface area contributed by atoms with Crippen LogP contribution in [0, 0.1) is 29.6 Å². The van der Waals surface area contributed by atoms with Crippen LogP contribution in [0.15, 0.2) is 12.2 Å². The van der Waals surface area contributed by atoms with E-state index in [0.717, 1.165) is 29.6 Å². The van der Waals surface area contributed by atoms with Gasteiger partial charge in [0.15, 0.2) is 0 Å². The second-order valence-electron chi connectivity index (χ2n) is 5.99. The zero-order valence-electron chi connectivity index (χ0n) is 9.99. The Balaban J connectivity index is 1.43. The Bertz CT molecular complexity index is 237. The second kappa shape index (κ2) is 3.96. The van der Waals surface area contributed by atoms with Gasteiger partial charge in [0, 0.05) is 0 Å². The van der Waals surface area contributed by atoms with Crippen LogP contribution in [-0.4, -0.2) is 0 Å². The average Bonchev–Trinajstić information content (AvgIpc) is 2.67. The molecule has 3 fully saturated rings. The van der Waals surface area contributed by atoms with Gasteiger partial charge >= 0.3 is 0 Å². The first kappa shape index (κ1) is 9.93. The number of hydrogen-bond donors (Lipinski definition) is 0.